The molecular formula is C27H32F4N2O. The van der Waals surface area contributed by atoms with Crippen LogP contribution in [0.15, 0.2) is 54.6 Å². The third-order valence-corrected chi connectivity index (χ3v) is 7.61. The van der Waals surface area contributed by atoms with Gasteiger partial charge in [-0.1, -0.05) is 55.3 Å². The molecule has 0 aromatic heterocycles. The van der Waals surface area contributed by atoms with Crippen LogP contribution in [0.3, 0.4) is 0 Å². The fourth-order valence-corrected chi connectivity index (χ4v) is 5.58. The molecule has 2 aromatic carbocycles. The molecule has 1 aliphatic carbocycles. The average Bonchev–Trinajstić information content (AvgIpc) is 3.33. The predicted octanol–water partition coefficient (Wildman–Crippen LogP) is 5.64. The Hall–Kier alpha value is -2.41. The monoisotopic (exact) mass is 476 g/mol. The second kappa shape index (κ2) is 10.5. The zero-order chi connectivity index (χ0) is 24.2. The molecule has 2 fully saturated rings. The molecule has 184 valence electrons. The molecule has 2 aliphatic rings. The molecule has 1 heterocycles. The molecule has 1 aliphatic heterocycles. The number of carbonyl (C=O) groups excluding carboxylic acids is 1. The topological polar surface area (TPSA) is 32.3 Å². The molecule has 1 unspecified atom stereocenters. The van der Waals surface area contributed by atoms with Gasteiger partial charge in [0.15, 0.2) is 0 Å². The lowest BCUT2D eigenvalue weighted by atomic mass is 9.78. The summed E-state index contributed by atoms with van der Waals surface area (Å²) in [6, 6.07) is 15.9. The zero-order valence-corrected chi connectivity index (χ0v) is 19.3. The Morgan fingerprint density at radius 2 is 1.62 bits per heavy atom. The number of hydrogen-bond acceptors (Lipinski definition) is 2. The summed E-state index contributed by atoms with van der Waals surface area (Å²) in [5, 5.41) is 3.14. The first-order valence-corrected chi connectivity index (χ1v) is 12.2. The van der Waals surface area contributed by atoms with Crippen LogP contribution < -0.4 is 5.32 Å². The van der Waals surface area contributed by atoms with E-state index in [1.807, 2.05) is 30.3 Å². The second-order valence-corrected chi connectivity index (χ2v) is 9.70. The van der Waals surface area contributed by atoms with Gasteiger partial charge in [0, 0.05) is 12.6 Å². The van der Waals surface area contributed by atoms with Gasteiger partial charge in [-0.3, -0.25) is 9.69 Å². The summed E-state index contributed by atoms with van der Waals surface area (Å²) in [4.78, 5) is 15.6. The van der Waals surface area contributed by atoms with Crippen LogP contribution in [0.25, 0.3) is 0 Å². The summed E-state index contributed by atoms with van der Waals surface area (Å²) in [6.07, 6.45) is -0.0346. The van der Waals surface area contributed by atoms with Crippen molar-refractivity contribution in [3.63, 3.8) is 0 Å². The zero-order valence-electron chi connectivity index (χ0n) is 19.3. The van der Waals surface area contributed by atoms with Crippen LogP contribution in [0.4, 0.5) is 17.6 Å². The van der Waals surface area contributed by atoms with Crippen LogP contribution in [0, 0.1) is 11.7 Å². The molecule has 2 aromatic rings. The Kier molecular flexibility index (Phi) is 7.60. The minimum Gasteiger partial charge on any atom is -0.354 e. The standard InChI is InChI=1S/C27H32F4N2O/c28-23-10-8-21(9-11-23)26(14-4-5-15-26)25(34)32-19-24(18-20-6-2-1-3-7-20)33-16-12-22(13-17-33)27(29,30)31/h1-3,6-11,22,24H,4-5,12-19H2,(H,32,34). The highest BCUT2D eigenvalue weighted by molar-refractivity contribution is 5.88. The molecule has 4 rings (SSSR count). The van der Waals surface area contributed by atoms with E-state index in [-0.39, 0.29) is 30.6 Å². The van der Waals surface area contributed by atoms with Crippen LogP contribution in [0.2, 0.25) is 0 Å². The molecule has 0 bridgehead atoms. The third kappa shape index (κ3) is 5.62. The molecule has 1 amide bonds. The molecule has 1 saturated heterocycles. The maximum absolute atomic E-state index is 13.5. The van der Waals surface area contributed by atoms with Crippen LogP contribution in [0.5, 0.6) is 0 Å². The Labute approximate surface area is 198 Å². The number of benzene rings is 2. The summed E-state index contributed by atoms with van der Waals surface area (Å²) in [5.41, 5.74) is 1.25. The summed E-state index contributed by atoms with van der Waals surface area (Å²) in [5.74, 6) is -1.65. The smallest absolute Gasteiger partial charge is 0.354 e. The van der Waals surface area contributed by atoms with E-state index >= 15 is 0 Å². The summed E-state index contributed by atoms with van der Waals surface area (Å²) >= 11 is 0. The van der Waals surface area contributed by atoms with E-state index in [0.29, 0.717) is 38.9 Å². The highest BCUT2D eigenvalue weighted by Gasteiger charge is 2.44. The van der Waals surface area contributed by atoms with Gasteiger partial charge in [-0.05, 0) is 68.5 Å². The van der Waals surface area contributed by atoms with Crippen molar-refractivity contribution in [2.75, 3.05) is 19.6 Å². The molecule has 3 nitrogen and oxygen atoms in total. The quantitative estimate of drug-likeness (QED) is 0.525. The number of amides is 1. The first-order valence-electron chi connectivity index (χ1n) is 12.2. The van der Waals surface area contributed by atoms with Crippen molar-refractivity contribution in [2.24, 2.45) is 5.92 Å². The molecule has 1 saturated carbocycles. The number of likely N-dealkylation sites (tertiary alicyclic amines) is 1. The van der Waals surface area contributed by atoms with E-state index in [9.17, 15) is 22.4 Å². The lowest BCUT2D eigenvalue weighted by Gasteiger charge is -2.39. The Morgan fingerprint density at radius 1 is 1.00 bits per heavy atom. The summed E-state index contributed by atoms with van der Waals surface area (Å²) in [7, 11) is 0. The molecular weight excluding hydrogens is 444 g/mol. The molecule has 0 spiro atoms. The molecule has 34 heavy (non-hydrogen) atoms. The van der Waals surface area contributed by atoms with E-state index < -0.39 is 17.5 Å². The van der Waals surface area contributed by atoms with Gasteiger partial charge in [-0.2, -0.15) is 13.2 Å². The van der Waals surface area contributed by atoms with Crippen molar-refractivity contribution in [3.05, 3.63) is 71.5 Å². The average molecular weight is 477 g/mol. The van der Waals surface area contributed by atoms with Gasteiger partial charge < -0.3 is 5.32 Å². The number of nitrogens with zero attached hydrogens (tertiary/aromatic N) is 1. The number of nitrogens with one attached hydrogen (secondary N) is 1. The number of piperidine rings is 1. The fourth-order valence-electron chi connectivity index (χ4n) is 5.58. The first kappa shape index (κ1) is 24.7. The van der Waals surface area contributed by atoms with Crippen LogP contribution in [-0.2, 0) is 16.6 Å². The van der Waals surface area contributed by atoms with Gasteiger partial charge in [0.25, 0.3) is 0 Å². The Balaban J connectivity index is 1.47. The first-order chi connectivity index (χ1) is 16.3. The number of carbonyl (C=O) groups is 1. The maximum atomic E-state index is 13.5. The van der Waals surface area contributed by atoms with Crippen LogP contribution >= 0.6 is 0 Å². The minimum absolute atomic E-state index is 0.0696. The van der Waals surface area contributed by atoms with Crippen LogP contribution in [0.1, 0.15) is 49.7 Å². The van der Waals surface area contributed by atoms with Gasteiger partial charge in [-0.15, -0.1) is 0 Å². The van der Waals surface area contributed by atoms with Crippen molar-refractivity contribution in [1.29, 1.82) is 0 Å². The SMILES string of the molecule is O=C(NCC(Cc1ccccc1)N1CCC(C(F)(F)F)CC1)C1(c2ccc(F)cc2)CCCC1. The number of hydrogen-bond donors (Lipinski definition) is 1. The molecule has 7 heteroatoms. The predicted molar refractivity (Wildman–Crippen MR) is 124 cm³/mol. The lowest BCUT2D eigenvalue weighted by molar-refractivity contribution is -0.186. The number of halogens is 4. The highest BCUT2D eigenvalue weighted by Crippen LogP contribution is 2.41. The van der Waals surface area contributed by atoms with Crippen molar-refractivity contribution in [1.82, 2.24) is 10.2 Å². The van der Waals surface area contributed by atoms with Crippen molar-refractivity contribution in [2.45, 2.75) is 62.6 Å². The maximum Gasteiger partial charge on any atom is 0.391 e. The lowest BCUT2D eigenvalue weighted by Crippen LogP contribution is -2.52. The van der Waals surface area contributed by atoms with E-state index in [0.717, 1.165) is 24.0 Å². The normalized spacial score (nSPS) is 20.2. The minimum atomic E-state index is -4.15. The summed E-state index contributed by atoms with van der Waals surface area (Å²) in [6.45, 7) is 1.09. The third-order valence-electron chi connectivity index (χ3n) is 7.61. The Morgan fingerprint density at radius 3 is 2.21 bits per heavy atom. The number of rotatable bonds is 7. The van der Waals surface area contributed by atoms with Crippen LogP contribution in [-0.4, -0.2) is 42.7 Å². The fraction of sp³-hybridized carbons (Fsp3) is 0.519. The van der Waals surface area contributed by atoms with E-state index in [1.54, 1.807) is 12.1 Å². The largest absolute Gasteiger partial charge is 0.391 e. The highest BCUT2D eigenvalue weighted by atomic mass is 19.4. The number of alkyl halides is 3. The molecule has 0 radical (unpaired) electrons. The van der Waals surface area contributed by atoms with Crippen molar-refractivity contribution in [3.8, 4) is 0 Å². The van der Waals surface area contributed by atoms with E-state index in [2.05, 4.69) is 10.2 Å². The van der Waals surface area contributed by atoms with Gasteiger partial charge in [-0.25, -0.2) is 4.39 Å². The Bertz CT molecular complexity index is 931. The molecule has 1 atom stereocenters. The van der Waals surface area contributed by atoms with E-state index in [4.69, 9.17) is 0 Å². The van der Waals surface area contributed by atoms with Gasteiger partial charge in [0.05, 0.1) is 11.3 Å². The van der Waals surface area contributed by atoms with Crippen molar-refractivity contribution >= 4 is 5.91 Å². The van der Waals surface area contributed by atoms with Gasteiger partial charge in [0.2, 0.25) is 5.91 Å². The molecule has 1 N–H and O–H groups in total. The van der Waals surface area contributed by atoms with Crippen molar-refractivity contribution < 1.29 is 22.4 Å². The summed E-state index contributed by atoms with van der Waals surface area (Å²) < 4.78 is 53.0. The van der Waals surface area contributed by atoms with E-state index in [1.165, 1.54) is 12.1 Å². The van der Waals surface area contributed by atoms with Gasteiger partial charge in [0.1, 0.15) is 5.82 Å². The second-order valence-electron chi connectivity index (χ2n) is 9.70. The van der Waals surface area contributed by atoms with Gasteiger partial charge >= 0.3 is 6.18 Å².